The minimum absolute atomic E-state index is 0.0726. The van der Waals surface area contributed by atoms with Crippen molar-refractivity contribution in [1.82, 2.24) is 5.32 Å². The van der Waals surface area contributed by atoms with Crippen LogP contribution in [0.2, 0.25) is 4.82 Å². The van der Waals surface area contributed by atoms with E-state index in [1.54, 1.807) is 0 Å². The van der Waals surface area contributed by atoms with Crippen molar-refractivity contribution in [1.29, 1.82) is 0 Å². The van der Waals surface area contributed by atoms with Gasteiger partial charge >= 0.3 is 226 Å². The van der Waals surface area contributed by atoms with Crippen molar-refractivity contribution in [3.63, 3.8) is 0 Å². The summed E-state index contributed by atoms with van der Waals surface area (Å²) in [5.41, 5.74) is 1.25. The molecule has 0 saturated carbocycles. The third-order valence-corrected chi connectivity index (χ3v) is 8.07. The first-order chi connectivity index (χ1) is 17.7. The molecule has 1 N–H and O–H groups in total. The van der Waals surface area contributed by atoms with Gasteiger partial charge in [-0.05, 0) is 0 Å². The molecule has 3 atom stereocenters. The number of carbonyl (C=O) groups is 2. The van der Waals surface area contributed by atoms with Crippen molar-refractivity contribution in [2.24, 2.45) is 0 Å². The molecule has 6 nitrogen and oxygen atoms in total. The molecule has 0 unspecified atom stereocenters. The molecule has 0 bridgehead atoms. The molecule has 3 rings (SSSR count). The third-order valence-electron chi connectivity index (χ3n) is 5.43. The molecule has 0 aliphatic heterocycles. The summed E-state index contributed by atoms with van der Waals surface area (Å²) >= 11 is -0.0726. The molecule has 196 valence electrons. The first-order valence-corrected chi connectivity index (χ1v) is 14.1. The number of rotatable bonds is 11. The van der Waals surface area contributed by atoms with E-state index in [0.29, 0.717) is 0 Å². The predicted octanol–water partition coefficient (Wildman–Crippen LogP) is 5.39. The number of amides is 1. The van der Waals surface area contributed by atoms with E-state index in [9.17, 15) is 9.59 Å². The molecule has 0 saturated heterocycles. The number of carbonyl (C=O) groups excluding carboxylic acids is 2. The molecule has 0 aliphatic carbocycles. The first-order valence-electron chi connectivity index (χ1n) is 12.2. The van der Waals surface area contributed by atoms with Gasteiger partial charge in [0.05, 0.1) is 0 Å². The van der Waals surface area contributed by atoms with Gasteiger partial charge in [-0.2, -0.15) is 0 Å². The Morgan fingerprint density at radius 1 is 0.838 bits per heavy atom. The van der Waals surface area contributed by atoms with Crippen LogP contribution in [-0.2, 0) is 19.0 Å². The van der Waals surface area contributed by atoms with E-state index in [0.717, 1.165) is 11.1 Å². The molecule has 1 amide bonds. The zero-order chi connectivity index (χ0) is 26.7. The van der Waals surface area contributed by atoms with Crippen LogP contribution in [0.15, 0.2) is 91.0 Å². The molecule has 37 heavy (non-hydrogen) atoms. The number of nitrogens with one attached hydrogen (secondary N) is 1. The van der Waals surface area contributed by atoms with Crippen molar-refractivity contribution in [3.05, 3.63) is 102 Å². The third kappa shape index (κ3) is 9.69. The molecule has 7 heteroatoms. The van der Waals surface area contributed by atoms with Crippen molar-refractivity contribution in [2.45, 2.75) is 49.8 Å². The zero-order valence-corrected chi connectivity index (χ0v) is 23.5. The fraction of sp³-hybridized carbons (Fsp3) is 0.333. The van der Waals surface area contributed by atoms with Crippen LogP contribution in [0.3, 0.4) is 0 Å². The summed E-state index contributed by atoms with van der Waals surface area (Å²) in [4.78, 5) is 25.0. The van der Waals surface area contributed by atoms with Crippen LogP contribution in [0.1, 0.15) is 50.5 Å². The average Bonchev–Trinajstić information content (AvgIpc) is 2.88. The molecule has 0 radical (unpaired) electrons. The molecule has 0 aliphatic rings. The van der Waals surface area contributed by atoms with Gasteiger partial charge < -0.3 is 0 Å². The standard InChI is InChI=1S/C30H35NO5Se/c1-30(2,3)36-29(33)31-25(22-14-8-5-9-15-22)21-35-28(23-16-10-6-11-17-23)26(20-27(32)34-4)37-24-18-12-7-13-19-24/h5-19,25-26,28H,20-21H2,1-4H3,(H,31,33)/t25-,26-,28+/m0/s1. The Morgan fingerprint density at radius 3 is 1.92 bits per heavy atom. The molecular weight excluding hydrogens is 533 g/mol. The van der Waals surface area contributed by atoms with Gasteiger partial charge in [0.25, 0.3) is 0 Å². The van der Waals surface area contributed by atoms with Gasteiger partial charge in [-0.25, -0.2) is 0 Å². The van der Waals surface area contributed by atoms with E-state index in [1.807, 2.05) is 99.6 Å². The Balaban J connectivity index is 1.89. The van der Waals surface area contributed by atoms with E-state index in [2.05, 4.69) is 17.4 Å². The van der Waals surface area contributed by atoms with Crippen LogP contribution in [-0.4, -0.2) is 46.3 Å². The minimum atomic E-state index is -0.622. The summed E-state index contributed by atoms with van der Waals surface area (Å²) in [6.45, 7) is 5.69. The first kappa shape index (κ1) is 28.5. The quantitative estimate of drug-likeness (QED) is 0.248. The fourth-order valence-corrected chi connectivity index (χ4v) is 6.36. The number of hydrogen-bond acceptors (Lipinski definition) is 5. The normalized spacial score (nSPS) is 13.7. The van der Waals surface area contributed by atoms with Gasteiger partial charge in [-0.15, -0.1) is 0 Å². The number of methoxy groups -OCH3 is 1. The van der Waals surface area contributed by atoms with Gasteiger partial charge in [0.1, 0.15) is 0 Å². The van der Waals surface area contributed by atoms with Crippen molar-refractivity contribution in [2.75, 3.05) is 13.7 Å². The monoisotopic (exact) mass is 569 g/mol. The van der Waals surface area contributed by atoms with Crippen LogP contribution < -0.4 is 9.78 Å². The number of alkyl carbamates (subject to hydrolysis) is 1. The molecule has 3 aromatic rings. The van der Waals surface area contributed by atoms with Crippen LogP contribution in [0, 0.1) is 0 Å². The topological polar surface area (TPSA) is 73.9 Å². The van der Waals surface area contributed by atoms with E-state index >= 15 is 0 Å². The molecule has 0 heterocycles. The SMILES string of the molecule is COC(=O)C[C@H]([Se]c1ccccc1)[C@H](OC[C@H](NC(=O)OC(C)(C)C)c1ccccc1)c1ccccc1. The Kier molecular flexibility index (Phi) is 10.8. The van der Waals surface area contributed by atoms with Crippen LogP contribution in [0.5, 0.6) is 0 Å². The van der Waals surface area contributed by atoms with Gasteiger partial charge in [0.2, 0.25) is 0 Å². The van der Waals surface area contributed by atoms with E-state index in [4.69, 9.17) is 14.2 Å². The summed E-state index contributed by atoms with van der Waals surface area (Å²) in [7, 11) is 1.41. The summed E-state index contributed by atoms with van der Waals surface area (Å²) in [6, 6.07) is 29.2. The summed E-state index contributed by atoms with van der Waals surface area (Å²) in [6.07, 6.45) is -0.673. The maximum absolute atomic E-state index is 12.7. The van der Waals surface area contributed by atoms with Gasteiger partial charge in [0.15, 0.2) is 0 Å². The number of ether oxygens (including phenoxy) is 3. The summed E-state index contributed by atoms with van der Waals surface area (Å²) in [5, 5.41) is 2.96. The Labute approximate surface area is 225 Å². The molecule has 0 spiro atoms. The maximum atomic E-state index is 12.7. The Bertz CT molecular complexity index is 1100. The zero-order valence-electron chi connectivity index (χ0n) is 21.8. The number of benzene rings is 3. The number of esters is 1. The van der Waals surface area contributed by atoms with Crippen LogP contribution in [0.4, 0.5) is 4.79 Å². The van der Waals surface area contributed by atoms with Crippen LogP contribution in [0.25, 0.3) is 0 Å². The number of hydrogen-bond donors (Lipinski definition) is 1. The van der Waals surface area contributed by atoms with E-state index < -0.39 is 17.7 Å². The summed E-state index contributed by atoms with van der Waals surface area (Å²) in [5.74, 6) is -0.279. The second-order valence-corrected chi connectivity index (χ2v) is 12.3. The predicted molar refractivity (Wildman–Crippen MR) is 146 cm³/mol. The van der Waals surface area contributed by atoms with Crippen molar-refractivity contribution < 1.29 is 23.8 Å². The second kappa shape index (κ2) is 14.0. The fourth-order valence-electron chi connectivity index (χ4n) is 3.75. The van der Waals surface area contributed by atoms with E-state index in [-0.39, 0.29) is 44.9 Å². The van der Waals surface area contributed by atoms with Crippen molar-refractivity contribution in [3.8, 4) is 0 Å². The van der Waals surface area contributed by atoms with Crippen molar-refractivity contribution >= 4 is 31.5 Å². The van der Waals surface area contributed by atoms with Gasteiger partial charge in [-0.1, -0.05) is 0 Å². The van der Waals surface area contributed by atoms with Gasteiger partial charge in [0, 0.05) is 0 Å². The second-order valence-electron chi connectivity index (χ2n) is 9.52. The van der Waals surface area contributed by atoms with E-state index in [1.165, 1.54) is 11.6 Å². The Morgan fingerprint density at radius 2 is 1.38 bits per heavy atom. The Hall–Kier alpha value is -3.12. The molecular formula is C30H35NO5Se. The molecule has 3 aromatic carbocycles. The molecule has 0 fully saturated rings. The summed E-state index contributed by atoms with van der Waals surface area (Å²) < 4.78 is 18.3. The van der Waals surface area contributed by atoms with Crippen LogP contribution >= 0.6 is 0 Å². The van der Waals surface area contributed by atoms with Gasteiger partial charge in [-0.3, -0.25) is 0 Å². The average molecular weight is 569 g/mol. The molecule has 0 aromatic heterocycles.